The highest BCUT2D eigenvalue weighted by molar-refractivity contribution is 6.14. The Balaban J connectivity index is 1.91. The Labute approximate surface area is 175 Å². The van der Waals surface area contributed by atoms with Gasteiger partial charge in [-0.25, -0.2) is 14.7 Å². The number of aromatic nitrogens is 2. The molecule has 0 saturated heterocycles. The van der Waals surface area contributed by atoms with Crippen molar-refractivity contribution in [1.29, 1.82) is 0 Å². The summed E-state index contributed by atoms with van der Waals surface area (Å²) in [4.78, 5) is 47.5. The quantitative estimate of drug-likeness (QED) is 0.548. The molecule has 1 aromatic carbocycles. The number of esters is 1. The minimum absolute atomic E-state index is 0.302. The number of anilines is 4. The molecule has 1 atom stereocenters. The fraction of sp³-hybridized carbons (Fsp3) is 0.381. The number of rotatable bonds is 7. The molecule has 0 saturated carbocycles. The third-order valence-electron chi connectivity index (χ3n) is 4.96. The van der Waals surface area contributed by atoms with Gasteiger partial charge in [0.2, 0.25) is 12.4 Å². The van der Waals surface area contributed by atoms with E-state index in [0.29, 0.717) is 47.6 Å². The molecule has 1 N–H and O–H groups in total. The lowest BCUT2D eigenvalue weighted by Gasteiger charge is -2.38. The van der Waals surface area contributed by atoms with Crippen LogP contribution in [0.4, 0.5) is 23.1 Å². The zero-order valence-corrected chi connectivity index (χ0v) is 17.5. The van der Waals surface area contributed by atoms with E-state index in [1.54, 1.807) is 31.2 Å². The molecular formula is C21H25N5O4. The van der Waals surface area contributed by atoms with Gasteiger partial charge in [0.15, 0.2) is 5.82 Å². The van der Waals surface area contributed by atoms with Gasteiger partial charge >= 0.3 is 5.97 Å². The highest BCUT2D eigenvalue weighted by Crippen LogP contribution is 2.34. The van der Waals surface area contributed by atoms with E-state index in [4.69, 9.17) is 4.74 Å². The molecule has 0 bridgehead atoms. The van der Waals surface area contributed by atoms with E-state index in [1.165, 1.54) is 13.3 Å². The first kappa shape index (κ1) is 21.2. The van der Waals surface area contributed by atoms with E-state index in [2.05, 4.69) is 29.1 Å². The van der Waals surface area contributed by atoms with Crippen LogP contribution in [0.1, 0.15) is 37.6 Å². The molecule has 3 rings (SSSR count). The van der Waals surface area contributed by atoms with Crippen molar-refractivity contribution in [2.24, 2.45) is 5.92 Å². The first-order valence-corrected chi connectivity index (χ1v) is 9.73. The highest BCUT2D eigenvalue weighted by Gasteiger charge is 2.37. The van der Waals surface area contributed by atoms with E-state index < -0.39 is 12.0 Å². The normalized spacial score (nSPS) is 15.8. The van der Waals surface area contributed by atoms with Crippen molar-refractivity contribution < 1.29 is 19.1 Å². The number of carbonyl (C=O) groups is 3. The van der Waals surface area contributed by atoms with Crippen LogP contribution in [-0.2, 0) is 14.3 Å². The number of carbonyl (C=O) groups excluding carboxylic acids is 3. The Morgan fingerprint density at radius 2 is 2.00 bits per heavy atom. The maximum Gasteiger partial charge on any atom is 0.337 e. The minimum Gasteiger partial charge on any atom is -0.465 e. The van der Waals surface area contributed by atoms with Crippen molar-refractivity contribution in [1.82, 2.24) is 9.97 Å². The maximum atomic E-state index is 12.6. The van der Waals surface area contributed by atoms with Crippen LogP contribution in [0.25, 0.3) is 0 Å². The number of methoxy groups -OCH3 is 1. The Morgan fingerprint density at radius 3 is 2.60 bits per heavy atom. The summed E-state index contributed by atoms with van der Waals surface area (Å²) in [6.07, 6.45) is 2.84. The molecule has 1 aliphatic heterocycles. The fourth-order valence-corrected chi connectivity index (χ4v) is 3.19. The molecule has 0 spiro atoms. The number of imide groups is 1. The fourth-order valence-electron chi connectivity index (χ4n) is 3.19. The number of nitrogens with one attached hydrogen (secondary N) is 1. The number of hydrogen-bond acceptors (Lipinski definition) is 8. The van der Waals surface area contributed by atoms with Gasteiger partial charge in [0.25, 0.3) is 5.91 Å². The minimum atomic E-state index is -0.511. The third-order valence-corrected chi connectivity index (χ3v) is 4.96. The summed E-state index contributed by atoms with van der Waals surface area (Å²) in [7, 11) is 1.33. The van der Waals surface area contributed by atoms with E-state index >= 15 is 0 Å². The molecule has 30 heavy (non-hydrogen) atoms. The molecule has 9 nitrogen and oxygen atoms in total. The van der Waals surface area contributed by atoms with Gasteiger partial charge in [0, 0.05) is 12.2 Å². The lowest BCUT2D eigenvalue weighted by atomic mass is 10.1. The topological polar surface area (TPSA) is 105 Å². The molecule has 158 valence electrons. The molecule has 0 aliphatic carbocycles. The van der Waals surface area contributed by atoms with Crippen molar-refractivity contribution in [3.63, 3.8) is 0 Å². The lowest BCUT2D eigenvalue weighted by molar-refractivity contribution is -0.123. The summed E-state index contributed by atoms with van der Waals surface area (Å²) in [5.74, 6) is 0.580. The number of ether oxygens (including phenoxy) is 1. The van der Waals surface area contributed by atoms with Crippen molar-refractivity contribution in [3.8, 4) is 0 Å². The van der Waals surface area contributed by atoms with E-state index in [0.717, 1.165) is 11.3 Å². The predicted molar refractivity (Wildman–Crippen MR) is 113 cm³/mol. The molecule has 1 aliphatic rings. The Hall–Kier alpha value is -3.49. The van der Waals surface area contributed by atoms with Gasteiger partial charge in [-0.3, -0.25) is 9.59 Å². The van der Waals surface area contributed by atoms with Crippen LogP contribution in [0.15, 0.2) is 30.5 Å². The summed E-state index contributed by atoms with van der Waals surface area (Å²) >= 11 is 0. The highest BCUT2D eigenvalue weighted by atomic mass is 16.5. The summed E-state index contributed by atoms with van der Waals surface area (Å²) in [5, 5.41) is 3.09. The van der Waals surface area contributed by atoms with Crippen molar-refractivity contribution in [3.05, 3.63) is 36.0 Å². The molecule has 2 heterocycles. The van der Waals surface area contributed by atoms with Crippen molar-refractivity contribution >= 4 is 41.4 Å². The van der Waals surface area contributed by atoms with Crippen molar-refractivity contribution in [2.45, 2.75) is 33.2 Å². The predicted octanol–water partition coefficient (Wildman–Crippen LogP) is 2.75. The van der Waals surface area contributed by atoms with E-state index in [9.17, 15) is 14.4 Å². The molecule has 0 unspecified atom stereocenters. The number of hydrogen-bond donors (Lipinski definition) is 1. The average Bonchev–Trinajstić information content (AvgIpc) is 2.74. The van der Waals surface area contributed by atoms with Gasteiger partial charge < -0.3 is 15.0 Å². The van der Waals surface area contributed by atoms with Crippen molar-refractivity contribution in [2.75, 3.05) is 28.8 Å². The first-order chi connectivity index (χ1) is 14.3. The molecule has 0 radical (unpaired) electrons. The van der Waals surface area contributed by atoms with Gasteiger partial charge in [-0.05, 0) is 43.5 Å². The molecule has 9 heteroatoms. The number of nitrogens with zero attached hydrogens (tertiary/aromatic N) is 4. The molecular weight excluding hydrogens is 386 g/mol. The van der Waals surface area contributed by atoms with Gasteiger partial charge in [0.1, 0.15) is 11.7 Å². The van der Waals surface area contributed by atoms with Crippen LogP contribution in [0.2, 0.25) is 0 Å². The van der Waals surface area contributed by atoms with Gasteiger partial charge in [-0.2, -0.15) is 4.98 Å². The van der Waals surface area contributed by atoms with Gasteiger partial charge in [0.05, 0.1) is 18.9 Å². The monoisotopic (exact) mass is 411 g/mol. The second kappa shape index (κ2) is 8.89. The maximum absolute atomic E-state index is 12.6. The third kappa shape index (κ3) is 4.24. The Morgan fingerprint density at radius 1 is 1.30 bits per heavy atom. The Kier molecular flexibility index (Phi) is 6.29. The first-order valence-electron chi connectivity index (χ1n) is 9.73. The molecule has 1 aromatic heterocycles. The zero-order valence-electron chi connectivity index (χ0n) is 17.5. The number of amides is 2. The number of fused-ring (bicyclic) bond motifs is 1. The average molecular weight is 411 g/mol. The second-order valence-electron chi connectivity index (χ2n) is 7.46. The zero-order chi connectivity index (χ0) is 21.8. The molecule has 2 aromatic rings. The number of benzene rings is 1. The largest absolute Gasteiger partial charge is 0.465 e. The van der Waals surface area contributed by atoms with Crippen LogP contribution >= 0.6 is 0 Å². The van der Waals surface area contributed by atoms with Crippen LogP contribution in [0.3, 0.4) is 0 Å². The van der Waals surface area contributed by atoms with Crippen LogP contribution in [0, 0.1) is 5.92 Å². The molecule has 2 amide bonds. The van der Waals surface area contributed by atoms with Crippen LogP contribution < -0.4 is 15.1 Å². The lowest BCUT2D eigenvalue weighted by Crippen LogP contribution is -2.52. The van der Waals surface area contributed by atoms with Crippen LogP contribution in [0.5, 0.6) is 0 Å². The van der Waals surface area contributed by atoms with Gasteiger partial charge in [-0.15, -0.1) is 0 Å². The molecule has 0 fully saturated rings. The summed E-state index contributed by atoms with van der Waals surface area (Å²) < 4.78 is 4.70. The van der Waals surface area contributed by atoms with E-state index in [1.807, 2.05) is 4.90 Å². The second-order valence-corrected chi connectivity index (χ2v) is 7.46. The van der Waals surface area contributed by atoms with Gasteiger partial charge in [-0.1, -0.05) is 13.8 Å². The van der Waals surface area contributed by atoms with E-state index in [-0.39, 0.29) is 5.91 Å². The van der Waals surface area contributed by atoms with Crippen LogP contribution in [-0.4, -0.2) is 48.0 Å². The summed E-state index contributed by atoms with van der Waals surface area (Å²) in [5.41, 5.74) is 1.48. The summed E-state index contributed by atoms with van der Waals surface area (Å²) in [6, 6.07) is 6.20. The Bertz CT molecular complexity index is 945. The SMILES string of the molecule is COC(=O)c1ccc(Nc2ncc3c(n2)N(CCC(C)C)[C@H](C)C(=O)N3C=O)cc1. The standard InChI is InChI=1S/C21H25N5O4/c1-13(2)9-10-25-14(3)19(28)26(12-27)17-11-22-21(24-18(17)25)23-16-7-5-15(6-8-16)20(29)30-4/h5-8,11-14H,9-10H2,1-4H3,(H,22,23,24)/t14-/m1/s1. The smallest absolute Gasteiger partial charge is 0.337 e. The summed E-state index contributed by atoms with van der Waals surface area (Å²) in [6.45, 7) is 6.62.